The molecule has 4 aliphatic rings. The van der Waals surface area contributed by atoms with Crippen LogP contribution in [0.1, 0.15) is 26.0 Å². The van der Waals surface area contributed by atoms with Gasteiger partial charge in [-0.3, -0.25) is 23.4 Å². The third-order valence-corrected chi connectivity index (χ3v) is 12.5. The Hall–Kier alpha value is -7.63. The second kappa shape index (κ2) is 21.3. The van der Waals surface area contributed by atoms with E-state index in [-0.39, 0.29) is 60.5 Å². The predicted molar refractivity (Wildman–Crippen MR) is 253 cm³/mol. The summed E-state index contributed by atoms with van der Waals surface area (Å²) in [4.78, 5) is 42.9. The fourth-order valence-corrected chi connectivity index (χ4v) is 8.87. The lowest BCUT2D eigenvalue weighted by Gasteiger charge is -2.31. The number of cyclic esters (lactones) is 2. The molecular weight excluding hydrogens is 892 g/mol. The number of ether oxygens (including phenoxy) is 4. The number of rotatable bonds is 12. The van der Waals surface area contributed by atoms with Gasteiger partial charge < -0.3 is 33.7 Å². The molecule has 10 rings (SSSR count). The summed E-state index contributed by atoms with van der Waals surface area (Å²) < 4.78 is 53.5. The molecule has 68 heavy (non-hydrogen) atoms. The van der Waals surface area contributed by atoms with Crippen LogP contribution in [0, 0.1) is 13.1 Å². The molecule has 0 saturated carbocycles. The van der Waals surface area contributed by atoms with E-state index in [9.17, 15) is 19.3 Å². The molecule has 4 atom stereocenters. The number of carbonyl (C=O) groups is 2. The number of hydrogen-bond donors (Lipinski definition) is 1. The Balaban J connectivity index is 0.000000224. The number of carbonyl (C=O) groups excluding carboxylic acids is 2. The number of fused-ring (bicyclic) bond motifs is 6. The van der Waals surface area contributed by atoms with Crippen LogP contribution >= 0.6 is 7.82 Å². The maximum Gasteiger partial charge on any atom is 0.475 e. The average Bonchev–Trinajstić information content (AvgIpc) is 3.89. The second-order valence-corrected chi connectivity index (χ2v) is 16.9. The van der Waals surface area contributed by atoms with Gasteiger partial charge in [-0.05, 0) is 58.7 Å². The van der Waals surface area contributed by atoms with Gasteiger partial charge >= 0.3 is 20.0 Å². The molecule has 2 fully saturated rings. The van der Waals surface area contributed by atoms with E-state index in [4.69, 9.17) is 45.7 Å². The number of amides is 2. The number of nitrogens with zero attached hydrogens (tertiary/aromatic N) is 6. The van der Waals surface area contributed by atoms with Gasteiger partial charge in [-0.15, -0.1) is 9.97 Å². The number of aliphatic hydroxyl groups is 1. The van der Waals surface area contributed by atoms with Crippen molar-refractivity contribution in [3.05, 3.63) is 168 Å². The summed E-state index contributed by atoms with van der Waals surface area (Å²) in [5.41, 5.74) is 6.16. The summed E-state index contributed by atoms with van der Waals surface area (Å²) in [5.74, 6) is 1.74. The first-order valence-electron chi connectivity index (χ1n) is 20.7. The Morgan fingerprint density at radius 2 is 1.06 bits per heavy atom. The van der Waals surface area contributed by atoms with E-state index in [0.717, 1.165) is 33.4 Å². The van der Waals surface area contributed by atoms with Crippen LogP contribution in [0.15, 0.2) is 134 Å². The maximum absolute atomic E-state index is 13.7. The lowest BCUT2D eigenvalue weighted by atomic mass is 10.0. The van der Waals surface area contributed by atoms with Gasteiger partial charge in [-0.1, -0.05) is 113 Å². The lowest BCUT2D eigenvalue weighted by molar-refractivity contribution is 0.0460. The van der Waals surface area contributed by atoms with Crippen LogP contribution in [0.4, 0.5) is 32.6 Å². The van der Waals surface area contributed by atoms with Crippen LogP contribution in [0.25, 0.3) is 31.9 Å². The van der Waals surface area contributed by atoms with Crippen molar-refractivity contribution >= 4 is 43.0 Å². The van der Waals surface area contributed by atoms with Crippen LogP contribution < -0.4 is 19.3 Å². The quantitative estimate of drug-likeness (QED) is 0.0906. The first kappa shape index (κ1) is 48.3. The number of pyridine rings is 2. The molecule has 6 aromatic rings. The van der Waals surface area contributed by atoms with Gasteiger partial charge in [0.15, 0.2) is 12.2 Å². The zero-order chi connectivity index (χ0) is 45.6. The average molecular weight is 939 g/mol. The summed E-state index contributed by atoms with van der Waals surface area (Å²) in [5, 5.41) is 9.32. The molecule has 0 radical (unpaired) electrons. The lowest BCUT2D eigenvalue weighted by Crippen LogP contribution is -2.45. The minimum Gasteiger partial charge on any atom is -0.489 e. The fourth-order valence-electron chi connectivity index (χ4n) is 7.70. The fraction of sp³-hybridized carbons (Fsp3) is 0.240. The number of phosphoric ester groups is 1. The number of phosphoric acid groups is 1. The van der Waals surface area contributed by atoms with E-state index < -0.39 is 38.3 Å². The van der Waals surface area contributed by atoms with Crippen molar-refractivity contribution in [3.8, 4) is 33.8 Å². The Kier molecular flexibility index (Phi) is 15.2. The van der Waals surface area contributed by atoms with Gasteiger partial charge in [0.1, 0.15) is 49.2 Å². The van der Waals surface area contributed by atoms with E-state index in [1.807, 2.05) is 97.1 Å². The highest BCUT2D eigenvalue weighted by Crippen LogP contribution is 2.52. The van der Waals surface area contributed by atoms with Gasteiger partial charge in [0, 0.05) is 11.1 Å². The molecule has 0 spiro atoms. The van der Waals surface area contributed by atoms with Crippen LogP contribution in [-0.4, -0.2) is 78.0 Å². The Morgan fingerprint density at radius 3 is 1.49 bits per heavy atom. The van der Waals surface area contributed by atoms with Gasteiger partial charge in [-0.25, -0.2) is 14.2 Å². The van der Waals surface area contributed by atoms with Crippen LogP contribution in [0.5, 0.6) is 11.5 Å². The number of aromatic nitrogens is 2. The number of aliphatic hydroxyl groups excluding tert-OH is 1. The van der Waals surface area contributed by atoms with E-state index >= 15 is 0 Å². The largest absolute Gasteiger partial charge is 0.489 e. The first-order chi connectivity index (χ1) is 32.2. The maximum atomic E-state index is 13.7. The third-order valence-electron chi connectivity index (χ3n) is 11.1. The molecule has 1 N–H and O–H groups in total. The van der Waals surface area contributed by atoms with Crippen LogP contribution in [0.2, 0.25) is 0 Å². The summed E-state index contributed by atoms with van der Waals surface area (Å²) in [6.45, 7) is 14.0. The molecule has 4 aromatic carbocycles. The van der Waals surface area contributed by atoms with Crippen molar-refractivity contribution in [2.45, 2.75) is 52.4 Å². The molecular formula is C50H47N6O11P. The molecule has 2 aromatic heterocycles. The summed E-state index contributed by atoms with van der Waals surface area (Å²) >= 11 is 0. The van der Waals surface area contributed by atoms with Crippen LogP contribution in [-0.2, 0) is 40.8 Å². The monoisotopic (exact) mass is 938 g/mol. The SMILES string of the molecule is C.C.[C-]#[N+]c1ccc(-c2ccc3c(c2)OC[C@H]2[C@H](CO)OC(=O)N32)cn1.[C-]#[N+]c1ccc(-c2ccc3c(c2)OC[C@H]2[C@H](COP(=O)(OCc4ccccc4)OCc4ccccc4)OC(=O)N32)cn1. The van der Waals surface area contributed by atoms with Gasteiger partial charge in [0.2, 0.25) is 0 Å². The minimum atomic E-state index is -4.06. The van der Waals surface area contributed by atoms with Crippen molar-refractivity contribution in [2.24, 2.45) is 0 Å². The zero-order valence-corrected chi connectivity index (χ0v) is 35.8. The van der Waals surface area contributed by atoms with Crippen molar-refractivity contribution in [2.75, 3.05) is 36.2 Å². The highest BCUT2D eigenvalue weighted by Gasteiger charge is 2.48. The third kappa shape index (κ3) is 10.3. The number of hydrogen-bond acceptors (Lipinski definition) is 13. The molecule has 18 heteroatoms. The highest BCUT2D eigenvalue weighted by atomic mass is 31.2. The van der Waals surface area contributed by atoms with Crippen LogP contribution in [0.3, 0.4) is 0 Å². The first-order valence-corrected chi connectivity index (χ1v) is 22.1. The smallest absolute Gasteiger partial charge is 0.475 e. The molecule has 0 unspecified atom stereocenters. The molecule has 2 saturated heterocycles. The highest BCUT2D eigenvalue weighted by molar-refractivity contribution is 7.48. The van der Waals surface area contributed by atoms with E-state index in [1.54, 1.807) is 36.7 Å². The van der Waals surface area contributed by atoms with Crippen molar-refractivity contribution in [1.82, 2.24) is 9.97 Å². The number of anilines is 2. The van der Waals surface area contributed by atoms with E-state index in [1.165, 1.54) is 9.80 Å². The van der Waals surface area contributed by atoms with Crippen molar-refractivity contribution < 1.29 is 51.8 Å². The molecule has 348 valence electrons. The van der Waals surface area contributed by atoms with Gasteiger partial charge in [0.25, 0.3) is 11.6 Å². The molecule has 0 aliphatic carbocycles. The molecule has 2 amide bonds. The Labute approximate surface area is 393 Å². The molecule has 0 bridgehead atoms. The standard InChI is InChI=1S/C31H26N3O7P.C17H13N3O4.2CH4/c1-32-30-15-13-25(17-33-30)24-12-14-26-28(16-24)37-20-27-29(41-31(35)34(26)27)21-40-42(36,38-18-22-8-4-2-5-9-22)39-19-23-10-6-3-7-11-23;1-18-16-5-3-11(7-19-16)10-2-4-12-14(6-10)23-9-13-15(8-21)24-17(22)20(12)13;;/h2-17,27,29H,18-21H2;2-7,13,15,21H,8-9H2;2*1H4/t27-,29-;13-,15-;;/m00../s1. The minimum absolute atomic E-state index is 0. The normalized spacial score (nSPS) is 18.3. The van der Waals surface area contributed by atoms with Crippen molar-refractivity contribution in [1.29, 1.82) is 0 Å². The zero-order valence-electron chi connectivity index (χ0n) is 34.9. The second-order valence-electron chi connectivity index (χ2n) is 15.2. The van der Waals surface area contributed by atoms with Crippen molar-refractivity contribution in [3.63, 3.8) is 0 Å². The molecule has 4 aliphatic heterocycles. The Morgan fingerprint density at radius 1 is 0.618 bits per heavy atom. The van der Waals surface area contributed by atoms with E-state index in [2.05, 4.69) is 19.7 Å². The number of benzene rings is 4. The van der Waals surface area contributed by atoms with E-state index in [0.29, 0.717) is 34.5 Å². The van der Waals surface area contributed by atoms with Gasteiger partial charge in [-0.2, -0.15) is 0 Å². The Bertz CT molecular complexity index is 2810. The molecule has 17 nitrogen and oxygen atoms in total. The molecule has 6 heterocycles. The summed E-state index contributed by atoms with van der Waals surface area (Å²) in [6, 6.07) is 35.6. The predicted octanol–water partition coefficient (Wildman–Crippen LogP) is 10.6. The van der Waals surface area contributed by atoms with Gasteiger partial charge in [0.05, 0.1) is 37.8 Å². The summed E-state index contributed by atoms with van der Waals surface area (Å²) in [6.07, 6.45) is 0.877. The topological polar surface area (TPSA) is 177 Å². The summed E-state index contributed by atoms with van der Waals surface area (Å²) in [7, 11) is -4.06.